The molecule has 4 heteroatoms. The molecule has 2 aliphatic carbocycles. The number of rotatable bonds is 5. The molecule has 2 unspecified atom stereocenters. The molecule has 1 aliphatic heterocycles. The number of benzene rings is 7. The molecule has 0 radical (unpaired) electrons. The van der Waals surface area contributed by atoms with Crippen molar-refractivity contribution in [1.82, 2.24) is 4.57 Å². The highest BCUT2D eigenvalue weighted by molar-refractivity contribution is 8.00. The molecule has 0 spiro atoms. The fourth-order valence-electron chi connectivity index (χ4n) is 9.60. The van der Waals surface area contributed by atoms with Gasteiger partial charge in [0.15, 0.2) is 0 Å². The van der Waals surface area contributed by atoms with Gasteiger partial charge in [-0.2, -0.15) is 0 Å². The minimum Gasteiger partial charge on any atom is -0.311 e. The van der Waals surface area contributed by atoms with Crippen molar-refractivity contribution in [2.75, 3.05) is 4.90 Å². The Balaban J connectivity index is 0.993. The van der Waals surface area contributed by atoms with Crippen molar-refractivity contribution >= 4 is 92.8 Å². The Morgan fingerprint density at radius 3 is 2.30 bits per heavy atom. The molecule has 0 saturated heterocycles. The molecule has 0 amide bonds. The van der Waals surface area contributed by atoms with Crippen LogP contribution in [-0.4, -0.2) is 9.82 Å². The summed E-state index contributed by atoms with van der Waals surface area (Å²) in [6, 6.07) is 54.3. The number of thioether (sulfide) groups is 1. The van der Waals surface area contributed by atoms with Crippen LogP contribution in [0.1, 0.15) is 42.7 Å². The van der Waals surface area contributed by atoms with Crippen molar-refractivity contribution in [3.8, 4) is 5.69 Å². The summed E-state index contributed by atoms with van der Waals surface area (Å²) in [5.74, 6) is 0.242. The summed E-state index contributed by atoms with van der Waals surface area (Å²) in [6.45, 7) is 0. The molecule has 56 heavy (non-hydrogen) atoms. The monoisotopic (exact) mass is 754 g/mol. The maximum absolute atomic E-state index is 2.51. The molecule has 0 bridgehead atoms. The van der Waals surface area contributed by atoms with Crippen LogP contribution in [-0.2, 0) is 0 Å². The first-order valence-corrected chi connectivity index (χ1v) is 21.6. The van der Waals surface area contributed by atoms with Crippen molar-refractivity contribution in [2.45, 2.75) is 41.7 Å². The number of hydrogen-bond donors (Lipinski definition) is 0. The van der Waals surface area contributed by atoms with E-state index in [0.29, 0.717) is 5.25 Å². The summed E-state index contributed by atoms with van der Waals surface area (Å²) >= 11 is 4.00. The molecule has 7 aromatic carbocycles. The number of anilines is 2. The van der Waals surface area contributed by atoms with E-state index in [1.54, 1.807) is 5.57 Å². The molecule has 0 fully saturated rings. The van der Waals surface area contributed by atoms with Crippen molar-refractivity contribution in [2.24, 2.45) is 0 Å². The van der Waals surface area contributed by atoms with E-state index in [2.05, 4.69) is 191 Å². The van der Waals surface area contributed by atoms with E-state index in [9.17, 15) is 0 Å². The molecule has 2 aromatic heterocycles. The number of hydrogen-bond acceptors (Lipinski definition) is 3. The van der Waals surface area contributed by atoms with Gasteiger partial charge in [0, 0.05) is 69.8 Å². The average molecular weight is 755 g/mol. The summed E-state index contributed by atoms with van der Waals surface area (Å²) in [4.78, 5) is 3.87. The maximum Gasteiger partial charge on any atom is 0.0547 e. The van der Waals surface area contributed by atoms with E-state index in [0.717, 1.165) is 6.42 Å². The second-order valence-corrected chi connectivity index (χ2v) is 17.8. The minimum atomic E-state index is 0.242. The molecule has 0 saturated carbocycles. The second-order valence-electron chi connectivity index (χ2n) is 15.5. The highest BCUT2D eigenvalue weighted by Crippen LogP contribution is 2.51. The number of thiophene rings is 1. The van der Waals surface area contributed by atoms with E-state index < -0.39 is 0 Å². The second kappa shape index (κ2) is 12.9. The van der Waals surface area contributed by atoms with Crippen LogP contribution in [0.4, 0.5) is 11.4 Å². The molecular weight excluding hydrogens is 717 g/mol. The Bertz CT molecular complexity index is 3140. The number of allylic oxidation sites excluding steroid dienone is 4. The van der Waals surface area contributed by atoms with Gasteiger partial charge >= 0.3 is 0 Å². The van der Waals surface area contributed by atoms with Gasteiger partial charge in [-0.3, -0.25) is 0 Å². The van der Waals surface area contributed by atoms with Gasteiger partial charge in [0.2, 0.25) is 0 Å². The largest absolute Gasteiger partial charge is 0.311 e. The minimum absolute atomic E-state index is 0.242. The third-order valence-corrected chi connectivity index (χ3v) is 14.8. The zero-order chi connectivity index (χ0) is 36.7. The number of nitrogens with zero attached hydrogens (tertiary/aromatic N) is 2. The topological polar surface area (TPSA) is 8.17 Å². The Hall–Kier alpha value is -5.81. The molecular formula is C52H38N2S2. The van der Waals surface area contributed by atoms with Crippen LogP contribution in [0.25, 0.3) is 64.0 Å². The smallest absolute Gasteiger partial charge is 0.0547 e. The SMILES string of the molecule is C1=CC(c2cc(-n3c4ccccc4c4cc5ccccc5cc43)cc3c2sc2ccccc23)CC=C1N(c1ccccc1)c1ccc2c(c1)SC1CCCC=C21. The maximum atomic E-state index is 2.51. The van der Waals surface area contributed by atoms with Gasteiger partial charge in [0.25, 0.3) is 0 Å². The Morgan fingerprint density at radius 2 is 1.43 bits per heavy atom. The van der Waals surface area contributed by atoms with E-state index in [1.807, 2.05) is 11.3 Å². The quantitative estimate of drug-likeness (QED) is 0.173. The van der Waals surface area contributed by atoms with Crippen LogP contribution in [0.2, 0.25) is 0 Å². The van der Waals surface area contributed by atoms with Crippen molar-refractivity contribution in [3.05, 3.63) is 187 Å². The Kier molecular flexibility index (Phi) is 7.46. The van der Waals surface area contributed by atoms with Gasteiger partial charge in [-0.05, 0) is 120 Å². The van der Waals surface area contributed by atoms with Crippen molar-refractivity contribution in [1.29, 1.82) is 0 Å². The van der Waals surface area contributed by atoms with Gasteiger partial charge in [-0.25, -0.2) is 0 Å². The van der Waals surface area contributed by atoms with E-state index in [1.165, 1.54) is 111 Å². The van der Waals surface area contributed by atoms with Crippen LogP contribution in [0, 0.1) is 0 Å². The first-order valence-electron chi connectivity index (χ1n) is 19.9. The van der Waals surface area contributed by atoms with Gasteiger partial charge in [0.05, 0.1) is 11.0 Å². The zero-order valence-electron chi connectivity index (χ0n) is 30.9. The number of aromatic nitrogens is 1. The highest BCUT2D eigenvalue weighted by Gasteiger charge is 2.30. The lowest BCUT2D eigenvalue weighted by Gasteiger charge is -2.29. The van der Waals surface area contributed by atoms with Gasteiger partial charge in [0.1, 0.15) is 0 Å². The lowest BCUT2D eigenvalue weighted by atomic mass is 9.89. The predicted octanol–water partition coefficient (Wildman–Crippen LogP) is 15.1. The number of para-hydroxylation sites is 2. The van der Waals surface area contributed by atoms with Crippen LogP contribution in [0.15, 0.2) is 180 Å². The van der Waals surface area contributed by atoms with Crippen molar-refractivity contribution in [3.63, 3.8) is 0 Å². The Labute approximate surface area is 334 Å². The fraction of sp³-hybridized carbons (Fsp3) is 0.115. The molecule has 12 rings (SSSR count). The highest BCUT2D eigenvalue weighted by atomic mass is 32.2. The average Bonchev–Trinajstić information content (AvgIpc) is 3.92. The first kappa shape index (κ1) is 32.4. The Morgan fingerprint density at radius 1 is 0.625 bits per heavy atom. The lowest BCUT2D eigenvalue weighted by Crippen LogP contribution is -2.17. The molecule has 0 N–H and O–H groups in total. The summed E-state index contributed by atoms with van der Waals surface area (Å²) in [7, 11) is 0. The van der Waals surface area contributed by atoms with E-state index >= 15 is 0 Å². The van der Waals surface area contributed by atoms with E-state index in [-0.39, 0.29) is 5.92 Å². The standard InChI is InChI=1S/C52H38N2S2/c1-2-14-36(15-3-1)53(38-26-27-43-41-17-7-10-20-49(41)55-51(43)32-38)37-24-22-33(23-25-37)44-30-39(31-46-42-18-8-11-21-50(42)56-52(44)46)54-47-19-9-6-16-40(47)45-28-34-12-4-5-13-35(34)29-48(45)54/h1-6,8-9,11-19,21-22,24-33,49H,7,10,20,23H2. The lowest BCUT2D eigenvalue weighted by molar-refractivity contribution is 0.756. The van der Waals surface area contributed by atoms with Crippen LogP contribution < -0.4 is 4.90 Å². The molecule has 3 aliphatic rings. The van der Waals surface area contributed by atoms with Crippen LogP contribution >= 0.6 is 23.1 Å². The number of fused-ring (bicyclic) bond motifs is 10. The summed E-state index contributed by atoms with van der Waals surface area (Å²) in [5, 5.41) is 8.40. The third-order valence-electron chi connectivity index (χ3n) is 12.2. The van der Waals surface area contributed by atoms with Crippen molar-refractivity contribution < 1.29 is 0 Å². The van der Waals surface area contributed by atoms with Gasteiger partial charge in [-0.1, -0.05) is 103 Å². The molecule has 2 atom stereocenters. The third kappa shape index (κ3) is 5.09. The first-order chi connectivity index (χ1) is 27.7. The normalized spacial score (nSPS) is 17.8. The predicted molar refractivity (Wildman–Crippen MR) is 242 cm³/mol. The van der Waals surface area contributed by atoms with Crippen LogP contribution in [0.3, 0.4) is 0 Å². The summed E-state index contributed by atoms with van der Waals surface area (Å²) in [6.07, 6.45) is 14.5. The fourth-order valence-corrected chi connectivity index (χ4v) is 12.3. The summed E-state index contributed by atoms with van der Waals surface area (Å²) < 4.78 is 5.24. The molecule has 2 nitrogen and oxygen atoms in total. The van der Waals surface area contributed by atoms with Gasteiger partial charge < -0.3 is 9.47 Å². The molecule has 268 valence electrons. The van der Waals surface area contributed by atoms with Gasteiger partial charge in [-0.15, -0.1) is 23.1 Å². The zero-order valence-corrected chi connectivity index (χ0v) is 32.5. The van der Waals surface area contributed by atoms with Crippen LogP contribution in [0.5, 0.6) is 0 Å². The molecule has 3 heterocycles. The van der Waals surface area contributed by atoms with E-state index in [4.69, 9.17) is 0 Å². The molecule has 9 aromatic rings. The summed E-state index contributed by atoms with van der Waals surface area (Å²) in [5.41, 5.74) is 11.7.